The summed E-state index contributed by atoms with van der Waals surface area (Å²) in [5.74, 6) is 1.37. The molecule has 1 atom stereocenters. The zero-order valence-electron chi connectivity index (χ0n) is 12.5. The molecule has 2 aliphatic heterocycles. The van der Waals surface area contributed by atoms with E-state index in [1.807, 2.05) is 17.0 Å². The predicted octanol–water partition coefficient (Wildman–Crippen LogP) is 0.831. The normalized spacial score (nSPS) is 24.2. The summed E-state index contributed by atoms with van der Waals surface area (Å²) >= 11 is 0. The number of amides is 1. The van der Waals surface area contributed by atoms with E-state index in [1.54, 1.807) is 6.20 Å². The van der Waals surface area contributed by atoms with Gasteiger partial charge in [-0.2, -0.15) is 5.10 Å². The number of likely N-dealkylation sites (tertiary alicyclic amines) is 2. The van der Waals surface area contributed by atoms with Crippen molar-refractivity contribution in [2.75, 3.05) is 38.5 Å². The third-order valence-corrected chi connectivity index (χ3v) is 4.47. The molecule has 1 unspecified atom stereocenters. The molecule has 6 nitrogen and oxygen atoms in total. The van der Waals surface area contributed by atoms with Gasteiger partial charge in [-0.25, -0.2) is 0 Å². The zero-order valence-corrected chi connectivity index (χ0v) is 12.5. The Labute approximate surface area is 125 Å². The quantitative estimate of drug-likeness (QED) is 0.893. The Morgan fingerprint density at radius 2 is 2.10 bits per heavy atom. The molecule has 2 fully saturated rings. The van der Waals surface area contributed by atoms with Crippen LogP contribution in [0.25, 0.3) is 0 Å². The fourth-order valence-corrected chi connectivity index (χ4v) is 3.23. The van der Waals surface area contributed by atoms with Crippen LogP contribution in [-0.4, -0.2) is 65.2 Å². The Hall–Kier alpha value is -1.69. The molecule has 0 aliphatic carbocycles. The first kappa shape index (κ1) is 14.3. The van der Waals surface area contributed by atoms with Gasteiger partial charge in [0.25, 0.3) is 0 Å². The van der Waals surface area contributed by atoms with Crippen molar-refractivity contribution in [3.05, 3.63) is 18.3 Å². The molecule has 3 heterocycles. The third-order valence-electron chi connectivity index (χ3n) is 4.47. The van der Waals surface area contributed by atoms with E-state index in [1.165, 1.54) is 0 Å². The van der Waals surface area contributed by atoms with Crippen molar-refractivity contribution < 1.29 is 4.79 Å². The summed E-state index contributed by atoms with van der Waals surface area (Å²) in [6.07, 6.45) is 4.63. The Kier molecular flexibility index (Phi) is 4.34. The number of hydrogen-bond acceptors (Lipinski definition) is 5. The predicted molar refractivity (Wildman–Crippen MR) is 80.9 cm³/mol. The molecule has 2 saturated heterocycles. The van der Waals surface area contributed by atoms with E-state index in [4.69, 9.17) is 0 Å². The van der Waals surface area contributed by atoms with Gasteiger partial charge in [-0.3, -0.25) is 4.79 Å². The van der Waals surface area contributed by atoms with Gasteiger partial charge in [0.05, 0.1) is 5.92 Å². The SMILES string of the molecule is CN1CCC(C(=O)N2CCC(Nc3cccnn3)CC2)C1. The molecule has 3 rings (SSSR count). The van der Waals surface area contributed by atoms with Gasteiger partial charge in [0.2, 0.25) is 5.91 Å². The average molecular weight is 289 g/mol. The molecule has 0 bridgehead atoms. The number of anilines is 1. The maximum Gasteiger partial charge on any atom is 0.227 e. The van der Waals surface area contributed by atoms with Crippen LogP contribution in [0.4, 0.5) is 5.82 Å². The van der Waals surface area contributed by atoms with Crippen LogP contribution >= 0.6 is 0 Å². The summed E-state index contributed by atoms with van der Waals surface area (Å²) < 4.78 is 0. The van der Waals surface area contributed by atoms with Crippen molar-refractivity contribution >= 4 is 11.7 Å². The molecule has 0 spiro atoms. The van der Waals surface area contributed by atoms with Crippen molar-refractivity contribution in [2.45, 2.75) is 25.3 Å². The molecule has 2 aliphatic rings. The van der Waals surface area contributed by atoms with Crippen molar-refractivity contribution in [2.24, 2.45) is 5.92 Å². The highest BCUT2D eigenvalue weighted by atomic mass is 16.2. The minimum absolute atomic E-state index is 0.208. The number of rotatable bonds is 3. The summed E-state index contributed by atoms with van der Waals surface area (Å²) in [6, 6.07) is 4.20. The fourth-order valence-electron chi connectivity index (χ4n) is 3.23. The zero-order chi connectivity index (χ0) is 14.7. The fraction of sp³-hybridized carbons (Fsp3) is 0.667. The van der Waals surface area contributed by atoms with Crippen LogP contribution in [0.3, 0.4) is 0 Å². The molecule has 0 aromatic carbocycles. The van der Waals surface area contributed by atoms with Gasteiger partial charge in [0.1, 0.15) is 5.82 Å². The van der Waals surface area contributed by atoms with Crippen LogP contribution in [0.5, 0.6) is 0 Å². The topological polar surface area (TPSA) is 61.4 Å². The molecular weight excluding hydrogens is 266 g/mol. The van der Waals surface area contributed by atoms with Gasteiger partial charge in [0, 0.05) is 31.9 Å². The van der Waals surface area contributed by atoms with E-state index in [9.17, 15) is 4.79 Å². The van der Waals surface area contributed by atoms with Crippen molar-refractivity contribution in [3.63, 3.8) is 0 Å². The monoisotopic (exact) mass is 289 g/mol. The number of aromatic nitrogens is 2. The molecule has 1 aromatic heterocycles. The molecule has 1 aromatic rings. The lowest BCUT2D eigenvalue weighted by Crippen LogP contribution is -2.45. The highest BCUT2D eigenvalue weighted by molar-refractivity contribution is 5.79. The minimum Gasteiger partial charge on any atom is -0.366 e. The van der Waals surface area contributed by atoms with E-state index >= 15 is 0 Å². The van der Waals surface area contributed by atoms with E-state index in [0.717, 1.165) is 51.3 Å². The summed E-state index contributed by atoms with van der Waals surface area (Å²) in [5, 5.41) is 11.3. The third kappa shape index (κ3) is 3.50. The number of nitrogens with zero attached hydrogens (tertiary/aromatic N) is 4. The van der Waals surface area contributed by atoms with Crippen molar-refractivity contribution in [1.82, 2.24) is 20.0 Å². The highest BCUT2D eigenvalue weighted by Gasteiger charge is 2.31. The van der Waals surface area contributed by atoms with Gasteiger partial charge >= 0.3 is 0 Å². The summed E-state index contributed by atoms with van der Waals surface area (Å²) in [7, 11) is 2.09. The lowest BCUT2D eigenvalue weighted by atomic mass is 10.0. The van der Waals surface area contributed by atoms with E-state index in [2.05, 4.69) is 27.5 Å². The molecule has 1 amide bonds. The number of carbonyl (C=O) groups excluding carboxylic acids is 1. The first-order valence-electron chi connectivity index (χ1n) is 7.74. The van der Waals surface area contributed by atoms with Gasteiger partial charge in [0.15, 0.2) is 0 Å². The number of hydrogen-bond donors (Lipinski definition) is 1. The van der Waals surface area contributed by atoms with E-state index in [0.29, 0.717) is 11.9 Å². The smallest absolute Gasteiger partial charge is 0.227 e. The van der Waals surface area contributed by atoms with Crippen LogP contribution in [-0.2, 0) is 4.79 Å². The first-order chi connectivity index (χ1) is 10.2. The second kappa shape index (κ2) is 6.39. The largest absolute Gasteiger partial charge is 0.366 e. The number of nitrogens with one attached hydrogen (secondary N) is 1. The molecule has 0 saturated carbocycles. The number of piperidine rings is 1. The van der Waals surface area contributed by atoms with Gasteiger partial charge in [-0.05, 0) is 45.0 Å². The highest BCUT2D eigenvalue weighted by Crippen LogP contribution is 2.21. The number of carbonyl (C=O) groups is 1. The van der Waals surface area contributed by atoms with Crippen LogP contribution in [0, 0.1) is 5.92 Å². The molecule has 21 heavy (non-hydrogen) atoms. The van der Waals surface area contributed by atoms with Crippen molar-refractivity contribution in [1.29, 1.82) is 0 Å². The summed E-state index contributed by atoms with van der Waals surface area (Å²) in [5.41, 5.74) is 0. The molecular formula is C15H23N5O. The maximum atomic E-state index is 12.5. The molecule has 0 radical (unpaired) electrons. The average Bonchev–Trinajstić information content (AvgIpc) is 2.95. The lowest BCUT2D eigenvalue weighted by molar-refractivity contribution is -0.136. The summed E-state index contributed by atoms with van der Waals surface area (Å²) in [4.78, 5) is 16.7. The van der Waals surface area contributed by atoms with Crippen molar-refractivity contribution in [3.8, 4) is 0 Å². The van der Waals surface area contributed by atoms with Crippen LogP contribution in [0.2, 0.25) is 0 Å². The van der Waals surface area contributed by atoms with Crippen LogP contribution in [0.15, 0.2) is 18.3 Å². The van der Waals surface area contributed by atoms with Gasteiger partial charge in [-0.15, -0.1) is 5.10 Å². The standard InChI is InChI=1S/C15H23N5O/c1-19-8-4-12(11-19)15(21)20-9-5-13(6-10-20)17-14-3-2-7-16-18-14/h2-3,7,12-13H,4-6,8-11H2,1H3,(H,17,18). The lowest BCUT2D eigenvalue weighted by Gasteiger charge is -2.34. The molecule has 6 heteroatoms. The minimum atomic E-state index is 0.208. The molecule has 114 valence electrons. The van der Waals surface area contributed by atoms with Gasteiger partial charge < -0.3 is 15.1 Å². The van der Waals surface area contributed by atoms with E-state index < -0.39 is 0 Å². The van der Waals surface area contributed by atoms with E-state index in [-0.39, 0.29) is 5.92 Å². The molecule has 1 N–H and O–H groups in total. The van der Waals surface area contributed by atoms with Crippen LogP contribution < -0.4 is 5.32 Å². The summed E-state index contributed by atoms with van der Waals surface area (Å²) in [6.45, 7) is 3.64. The maximum absolute atomic E-state index is 12.5. The second-order valence-electron chi connectivity index (χ2n) is 6.10. The first-order valence-corrected chi connectivity index (χ1v) is 7.74. The van der Waals surface area contributed by atoms with Gasteiger partial charge in [-0.1, -0.05) is 0 Å². The Balaban J connectivity index is 1.47. The Bertz CT molecular complexity index is 472. The second-order valence-corrected chi connectivity index (χ2v) is 6.10. The van der Waals surface area contributed by atoms with Crippen LogP contribution in [0.1, 0.15) is 19.3 Å². The Morgan fingerprint density at radius 3 is 2.71 bits per heavy atom. The Morgan fingerprint density at radius 1 is 1.29 bits per heavy atom.